The van der Waals surface area contributed by atoms with Gasteiger partial charge in [0.05, 0.1) is 28.4 Å². The summed E-state index contributed by atoms with van der Waals surface area (Å²) in [7, 11) is 4.69. The molecule has 12 rings (SSSR count). The van der Waals surface area contributed by atoms with Crippen molar-refractivity contribution in [1.29, 1.82) is 0 Å². The summed E-state index contributed by atoms with van der Waals surface area (Å²) in [6, 6.07) is 58.4. The second-order valence-electron chi connectivity index (χ2n) is 30.9. The van der Waals surface area contributed by atoms with Crippen molar-refractivity contribution in [3.63, 3.8) is 0 Å². The summed E-state index contributed by atoms with van der Waals surface area (Å²) in [6.45, 7) is 10.6. The molecule has 0 spiro atoms. The van der Waals surface area contributed by atoms with Crippen molar-refractivity contribution < 1.29 is 103 Å². The number of benzene rings is 12. The second kappa shape index (κ2) is 36.6. The number of carbonyl (C=O) groups is 4. The highest BCUT2D eigenvalue weighted by Gasteiger charge is 2.61. The number of aliphatic hydroxyl groups is 2. The molecule has 12 unspecified atom stereocenters. The maximum absolute atomic E-state index is 15.9. The highest BCUT2D eigenvalue weighted by molar-refractivity contribution is 5.92. The van der Waals surface area contributed by atoms with Gasteiger partial charge in [0.1, 0.15) is 70.6 Å². The predicted molar refractivity (Wildman–Crippen MR) is 450 cm³/mol. The van der Waals surface area contributed by atoms with Gasteiger partial charge in [0.15, 0.2) is 34.9 Å². The maximum Gasteiger partial charge on any atom is 0.403 e. The Balaban J connectivity index is 1.02. The molecule has 0 bridgehead atoms. The fourth-order valence-corrected chi connectivity index (χ4v) is 15.8. The van der Waals surface area contributed by atoms with Crippen molar-refractivity contribution >= 4 is 67.0 Å². The molecular weight excluding hydrogens is 1580 g/mol. The summed E-state index contributed by atoms with van der Waals surface area (Å²) in [6.07, 6.45) is -25.2. The van der Waals surface area contributed by atoms with Crippen LogP contribution in [0.4, 0.5) is 26.3 Å². The zero-order chi connectivity index (χ0) is 88.0. The van der Waals surface area contributed by atoms with E-state index >= 15 is 45.5 Å². The lowest BCUT2D eigenvalue weighted by Gasteiger charge is -2.46. The standard InChI is InChI=1S/C96H96F6N4O16/c1-55-31-45-73-63(47-55)23-17-27-75(73)117-79(83(87(109)115-9)91(53-81(103)95(97,98)99,67-35-33-57(3)59(5)49-67)119-77-29-15-21-61-19-11-13-25-71(61)77)51-93(105,65-37-41-69(113-7)42-38-65)121-89(111)85(107)86(108)90(112)122-94(106,66-39-43-70(114-8)44-40-66)52-80(118-76-28-18-24-64-48-56(2)32-46-74(64)76)84(88(110)116-10)92(54-82(104)96(100,101)102,68-36-34-58(4)60(6)50-68)120-78-30-16-22-62-20-12-14-26-72(62)78/h11-50,79-86,107-108H,51-54,103-106H2,1-10H3. The first-order valence-electron chi connectivity index (χ1n) is 39.3. The van der Waals surface area contributed by atoms with Gasteiger partial charge in [-0.05, 0) is 169 Å². The van der Waals surface area contributed by atoms with Crippen LogP contribution in [0.2, 0.25) is 0 Å². The molecule has 12 aromatic carbocycles. The molecule has 20 nitrogen and oxygen atoms in total. The first kappa shape index (κ1) is 89.0. The fraction of sp³-hybridized carbons (Fsp3) is 0.292. The van der Waals surface area contributed by atoms with Crippen LogP contribution in [-0.2, 0) is 60.8 Å². The van der Waals surface area contributed by atoms with Crippen molar-refractivity contribution in [2.45, 2.75) is 139 Å². The molecule has 0 amide bonds. The number of alkyl halides is 6. The molecule has 0 radical (unpaired) electrons. The minimum atomic E-state index is -5.20. The minimum Gasteiger partial charge on any atom is -0.497 e. The van der Waals surface area contributed by atoms with Gasteiger partial charge in [0.25, 0.3) is 0 Å². The molecule has 0 aromatic heterocycles. The number of aryl methyl sites for hydroxylation is 6. The quantitative estimate of drug-likeness (QED) is 0.00963. The van der Waals surface area contributed by atoms with Crippen molar-refractivity contribution in [2.24, 2.45) is 34.8 Å². The molecule has 10 N–H and O–H groups in total. The summed E-state index contributed by atoms with van der Waals surface area (Å²) in [5, 5.41) is 29.1. The average Bonchev–Trinajstić information content (AvgIpc) is 0.738. The lowest BCUT2D eigenvalue weighted by atomic mass is 9.71. The summed E-state index contributed by atoms with van der Waals surface area (Å²) >= 11 is 0. The predicted octanol–water partition coefficient (Wildman–Crippen LogP) is 16.7. The molecule has 0 aliphatic rings. The molecule has 122 heavy (non-hydrogen) atoms. The van der Waals surface area contributed by atoms with Crippen LogP contribution >= 0.6 is 0 Å². The van der Waals surface area contributed by atoms with Gasteiger partial charge in [-0.1, -0.05) is 181 Å². The van der Waals surface area contributed by atoms with Crippen molar-refractivity contribution in [2.75, 3.05) is 28.4 Å². The largest absolute Gasteiger partial charge is 0.497 e. The van der Waals surface area contributed by atoms with Crippen LogP contribution in [-0.4, -0.2) is 111 Å². The Labute approximate surface area is 701 Å². The van der Waals surface area contributed by atoms with E-state index in [0.717, 1.165) is 25.3 Å². The van der Waals surface area contributed by atoms with Crippen molar-refractivity contribution in [3.8, 4) is 34.5 Å². The smallest absolute Gasteiger partial charge is 0.403 e. The molecule has 0 heterocycles. The van der Waals surface area contributed by atoms with E-state index in [-0.39, 0.29) is 56.8 Å². The van der Waals surface area contributed by atoms with Crippen molar-refractivity contribution in [1.82, 2.24) is 0 Å². The first-order valence-corrected chi connectivity index (χ1v) is 39.3. The number of methoxy groups -OCH3 is 4. The van der Waals surface area contributed by atoms with E-state index in [4.69, 9.17) is 70.3 Å². The summed E-state index contributed by atoms with van der Waals surface area (Å²) in [5.41, 5.74) is 20.5. The van der Waals surface area contributed by atoms with Crippen LogP contribution in [0.5, 0.6) is 34.5 Å². The zero-order valence-electron chi connectivity index (χ0n) is 68.7. The SMILES string of the molecule is COC(=O)C(C(CC(N)(OC(=O)C(O)C(O)C(=O)OC(N)(CC(Oc1cccc2cc(C)ccc12)C(C(=O)OC)C(CC(N)C(F)(F)F)(Oc1cccc2ccccc12)c1ccc(C)c(C)c1)c1ccc(OC)cc1)c1ccc(OC)cc1)Oc1cccc2cc(C)ccc12)C(CC(N)C(F)(F)F)(Oc1cccc2ccccc12)c1ccc(C)c(C)c1. The van der Waals surface area contributed by atoms with Crippen LogP contribution in [0, 0.1) is 53.4 Å². The normalized spacial score (nSPS) is 15.9. The summed E-state index contributed by atoms with van der Waals surface area (Å²) < 4.78 is 159. The molecule has 638 valence electrons. The molecule has 0 aliphatic carbocycles. The van der Waals surface area contributed by atoms with Crippen molar-refractivity contribution in [3.05, 3.63) is 298 Å². The van der Waals surface area contributed by atoms with Crippen LogP contribution in [0.3, 0.4) is 0 Å². The van der Waals surface area contributed by atoms with E-state index in [1.54, 1.807) is 173 Å². The van der Waals surface area contributed by atoms with E-state index in [1.165, 1.54) is 99.1 Å². The van der Waals surface area contributed by atoms with E-state index in [1.807, 2.05) is 26.0 Å². The molecule has 0 fully saturated rings. The average molecular weight is 1680 g/mol. The second-order valence-corrected chi connectivity index (χ2v) is 30.9. The number of aliphatic hydroxyl groups excluding tert-OH is 2. The third-order valence-electron chi connectivity index (χ3n) is 22.7. The Morgan fingerprint density at radius 3 is 1.01 bits per heavy atom. The Kier molecular flexibility index (Phi) is 26.7. The Bertz CT molecular complexity index is 5440. The molecule has 12 atom stereocenters. The zero-order valence-corrected chi connectivity index (χ0v) is 68.7. The molecule has 12 aromatic rings. The van der Waals surface area contributed by atoms with E-state index in [2.05, 4.69) is 0 Å². The van der Waals surface area contributed by atoms with E-state index in [0.29, 0.717) is 65.3 Å². The fourth-order valence-electron chi connectivity index (χ4n) is 15.8. The van der Waals surface area contributed by atoms with Gasteiger partial charge in [0.2, 0.25) is 0 Å². The van der Waals surface area contributed by atoms with Crippen LogP contribution < -0.4 is 51.4 Å². The Morgan fingerprint density at radius 1 is 0.352 bits per heavy atom. The van der Waals surface area contributed by atoms with Gasteiger partial charge >= 0.3 is 36.2 Å². The number of halogens is 6. The number of nitrogens with two attached hydrogens (primary N) is 4. The van der Waals surface area contributed by atoms with Gasteiger partial charge < -0.3 is 69.0 Å². The number of hydrogen-bond donors (Lipinski definition) is 6. The first-order chi connectivity index (χ1) is 57.9. The highest BCUT2D eigenvalue weighted by atomic mass is 19.4. The van der Waals surface area contributed by atoms with E-state index < -0.39 is 133 Å². The summed E-state index contributed by atoms with van der Waals surface area (Å²) in [5.74, 6) is -10.4. The maximum atomic E-state index is 15.9. The lowest BCUT2D eigenvalue weighted by Crippen LogP contribution is -2.59. The number of fused-ring (bicyclic) bond motifs is 4. The third kappa shape index (κ3) is 19.1. The number of ether oxygens (including phenoxy) is 10. The van der Waals surface area contributed by atoms with Gasteiger partial charge in [-0.25, -0.2) is 9.59 Å². The highest BCUT2D eigenvalue weighted by Crippen LogP contribution is 2.52. The molecule has 0 saturated heterocycles. The topological polar surface area (TPSA) is 305 Å². The van der Waals surface area contributed by atoms with Gasteiger partial charge in [-0.15, -0.1) is 0 Å². The molecule has 0 saturated carbocycles. The third-order valence-corrected chi connectivity index (χ3v) is 22.7. The molecular formula is C96H96F6N4O16. The number of rotatable bonds is 33. The number of carbonyl (C=O) groups excluding carboxylic acids is 4. The van der Waals surface area contributed by atoms with Crippen LogP contribution in [0.25, 0.3) is 43.1 Å². The van der Waals surface area contributed by atoms with Gasteiger partial charge in [0, 0.05) is 58.4 Å². The number of esters is 4. The Morgan fingerprint density at radius 2 is 0.672 bits per heavy atom. The van der Waals surface area contributed by atoms with E-state index in [9.17, 15) is 10.2 Å². The minimum absolute atomic E-state index is 0.000294. The van der Waals surface area contributed by atoms with Crippen LogP contribution in [0.15, 0.2) is 243 Å². The monoisotopic (exact) mass is 1670 g/mol. The van der Waals surface area contributed by atoms with Crippen LogP contribution in [0.1, 0.15) is 81.3 Å². The Hall–Kier alpha value is -12.3. The van der Waals surface area contributed by atoms with Gasteiger partial charge in [-0.3, -0.25) is 21.1 Å². The lowest BCUT2D eigenvalue weighted by molar-refractivity contribution is -0.199. The summed E-state index contributed by atoms with van der Waals surface area (Å²) in [4.78, 5) is 63.1. The van der Waals surface area contributed by atoms with Gasteiger partial charge in [-0.2, -0.15) is 26.3 Å². The molecule has 26 heteroatoms. The molecule has 0 aliphatic heterocycles. The number of hydrogen-bond acceptors (Lipinski definition) is 20.